The first-order valence-corrected chi connectivity index (χ1v) is 5.77. The predicted molar refractivity (Wildman–Crippen MR) is 61.4 cm³/mol. The maximum absolute atomic E-state index is 11.7. The third-order valence-corrected chi connectivity index (χ3v) is 3.17. The lowest BCUT2D eigenvalue weighted by atomic mass is 9.84. The Morgan fingerprint density at radius 3 is 2.31 bits per heavy atom. The molecule has 0 spiro atoms. The Hall–Kier alpha value is -1.10. The number of hydrogen-bond donors (Lipinski definition) is 2. The Morgan fingerprint density at radius 2 is 1.81 bits per heavy atom. The van der Waals surface area contributed by atoms with Gasteiger partial charge in [0, 0.05) is 19.5 Å². The van der Waals surface area contributed by atoms with Gasteiger partial charge in [-0.3, -0.25) is 9.59 Å². The lowest BCUT2D eigenvalue weighted by Gasteiger charge is -2.27. The van der Waals surface area contributed by atoms with E-state index in [1.165, 1.54) is 4.90 Å². The van der Waals surface area contributed by atoms with Crippen molar-refractivity contribution in [2.45, 2.75) is 38.1 Å². The number of rotatable bonds is 4. The fourth-order valence-corrected chi connectivity index (χ4v) is 2.12. The van der Waals surface area contributed by atoms with Crippen molar-refractivity contribution in [2.75, 3.05) is 13.6 Å². The van der Waals surface area contributed by atoms with Crippen molar-refractivity contribution < 1.29 is 9.59 Å². The van der Waals surface area contributed by atoms with Crippen molar-refractivity contribution in [3.63, 3.8) is 0 Å². The maximum Gasteiger partial charge on any atom is 0.237 e. The minimum atomic E-state index is -0.471. The van der Waals surface area contributed by atoms with E-state index >= 15 is 0 Å². The van der Waals surface area contributed by atoms with Crippen LogP contribution in [0, 0.1) is 5.92 Å². The second kappa shape index (κ2) is 5.84. The van der Waals surface area contributed by atoms with Crippen LogP contribution < -0.4 is 11.5 Å². The van der Waals surface area contributed by atoms with Crippen molar-refractivity contribution >= 4 is 11.8 Å². The number of amides is 2. The largest absolute Gasteiger partial charge is 0.368 e. The van der Waals surface area contributed by atoms with Crippen molar-refractivity contribution in [3.8, 4) is 0 Å². The molecule has 4 N–H and O–H groups in total. The molecule has 1 fully saturated rings. The second-order valence-corrected chi connectivity index (χ2v) is 4.70. The summed E-state index contributed by atoms with van der Waals surface area (Å²) in [6.07, 6.45) is 4.53. The normalized spacial score (nSPS) is 25.1. The van der Waals surface area contributed by atoms with Gasteiger partial charge in [0.25, 0.3) is 0 Å². The summed E-state index contributed by atoms with van der Waals surface area (Å²) in [4.78, 5) is 23.8. The van der Waals surface area contributed by atoms with Crippen molar-refractivity contribution in [1.82, 2.24) is 4.90 Å². The molecule has 5 nitrogen and oxygen atoms in total. The molecule has 0 aromatic heterocycles. The van der Waals surface area contributed by atoms with Crippen LogP contribution in [0.15, 0.2) is 0 Å². The lowest BCUT2D eigenvalue weighted by molar-refractivity contribution is -0.134. The van der Waals surface area contributed by atoms with E-state index in [0.29, 0.717) is 18.4 Å². The van der Waals surface area contributed by atoms with Crippen LogP contribution in [-0.4, -0.2) is 36.3 Å². The summed E-state index contributed by atoms with van der Waals surface area (Å²) in [7, 11) is 1.61. The van der Waals surface area contributed by atoms with E-state index in [4.69, 9.17) is 11.5 Å². The highest BCUT2D eigenvalue weighted by molar-refractivity contribution is 5.83. The van der Waals surface area contributed by atoms with Gasteiger partial charge in [0.1, 0.15) is 0 Å². The quantitative estimate of drug-likeness (QED) is 0.699. The van der Waals surface area contributed by atoms with E-state index in [1.54, 1.807) is 7.05 Å². The molecule has 0 atom stereocenters. The summed E-state index contributed by atoms with van der Waals surface area (Å²) in [6.45, 7) is 0.00503. The molecule has 1 aliphatic rings. The van der Waals surface area contributed by atoms with Crippen molar-refractivity contribution in [3.05, 3.63) is 0 Å². The number of hydrogen-bond acceptors (Lipinski definition) is 3. The fourth-order valence-electron chi connectivity index (χ4n) is 2.12. The highest BCUT2D eigenvalue weighted by Crippen LogP contribution is 2.26. The van der Waals surface area contributed by atoms with Crippen LogP contribution >= 0.6 is 0 Å². The summed E-state index contributed by atoms with van der Waals surface area (Å²) < 4.78 is 0. The lowest BCUT2D eigenvalue weighted by Crippen LogP contribution is -2.37. The van der Waals surface area contributed by atoms with Gasteiger partial charge < -0.3 is 16.4 Å². The Balaban J connectivity index is 2.31. The van der Waals surface area contributed by atoms with E-state index in [1.807, 2.05) is 0 Å². The van der Waals surface area contributed by atoms with Gasteiger partial charge in [-0.1, -0.05) is 0 Å². The Morgan fingerprint density at radius 1 is 1.25 bits per heavy atom. The number of likely N-dealkylation sites (N-methyl/N-ethyl adjacent to an activating group) is 1. The smallest absolute Gasteiger partial charge is 0.237 e. The van der Waals surface area contributed by atoms with E-state index in [2.05, 4.69) is 0 Å². The summed E-state index contributed by atoms with van der Waals surface area (Å²) in [5.41, 5.74) is 10.8. The average Bonchev–Trinajstić information content (AvgIpc) is 2.20. The highest BCUT2D eigenvalue weighted by atomic mass is 16.2. The summed E-state index contributed by atoms with van der Waals surface area (Å²) in [6, 6.07) is 0.301. The van der Waals surface area contributed by atoms with Crippen LogP contribution in [-0.2, 0) is 9.59 Å². The van der Waals surface area contributed by atoms with E-state index < -0.39 is 5.91 Å². The molecule has 92 valence electrons. The van der Waals surface area contributed by atoms with Gasteiger partial charge in [0.2, 0.25) is 11.8 Å². The molecule has 0 radical (unpaired) electrons. The van der Waals surface area contributed by atoms with Crippen molar-refractivity contribution in [2.24, 2.45) is 17.4 Å². The number of nitrogens with two attached hydrogens (primary N) is 2. The molecule has 1 rings (SSSR count). The van der Waals surface area contributed by atoms with Crippen LogP contribution in [0.1, 0.15) is 32.1 Å². The first kappa shape index (κ1) is 13.0. The molecule has 5 heteroatoms. The molecule has 0 aliphatic heterocycles. The molecule has 16 heavy (non-hydrogen) atoms. The Bertz CT molecular complexity index is 260. The molecule has 0 aromatic carbocycles. The first-order chi connectivity index (χ1) is 7.49. The topological polar surface area (TPSA) is 89.4 Å². The first-order valence-electron chi connectivity index (χ1n) is 5.77. The molecule has 0 aromatic rings. The Kier molecular flexibility index (Phi) is 4.73. The molecule has 0 unspecified atom stereocenters. The SMILES string of the molecule is CN(CC(N)=O)C(=O)CC1CCC(N)CC1. The fraction of sp³-hybridized carbons (Fsp3) is 0.818. The summed E-state index contributed by atoms with van der Waals surface area (Å²) in [5.74, 6) is -0.0524. The predicted octanol–water partition coefficient (Wildman–Crippen LogP) is -0.162. The van der Waals surface area contributed by atoms with Crippen molar-refractivity contribution in [1.29, 1.82) is 0 Å². The van der Waals surface area contributed by atoms with Gasteiger partial charge in [-0.2, -0.15) is 0 Å². The standard InChI is InChI=1S/C11H21N3O2/c1-14(7-10(13)15)11(16)6-8-2-4-9(12)5-3-8/h8-9H,2-7,12H2,1H3,(H2,13,15). The maximum atomic E-state index is 11.7. The molecule has 2 amide bonds. The van der Waals surface area contributed by atoms with Gasteiger partial charge in [-0.25, -0.2) is 0 Å². The van der Waals surface area contributed by atoms with Gasteiger partial charge in [0.05, 0.1) is 6.54 Å². The van der Waals surface area contributed by atoms with Crippen LogP contribution in [0.3, 0.4) is 0 Å². The molecule has 0 bridgehead atoms. The van der Waals surface area contributed by atoms with Crippen LogP contribution in [0.2, 0.25) is 0 Å². The van der Waals surface area contributed by atoms with Crippen LogP contribution in [0.4, 0.5) is 0 Å². The van der Waals surface area contributed by atoms with E-state index in [-0.39, 0.29) is 12.5 Å². The monoisotopic (exact) mass is 227 g/mol. The molecule has 0 heterocycles. The number of carbonyl (C=O) groups excluding carboxylic acids is 2. The van der Waals surface area contributed by atoms with Gasteiger partial charge in [-0.05, 0) is 31.6 Å². The molecule has 1 saturated carbocycles. The summed E-state index contributed by atoms with van der Waals surface area (Å²) >= 11 is 0. The number of carbonyl (C=O) groups is 2. The third-order valence-electron chi connectivity index (χ3n) is 3.17. The Labute approximate surface area is 96.1 Å². The average molecular weight is 227 g/mol. The number of nitrogens with zero attached hydrogens (tertiary/aromatic N) is 1. The van der Waals surface area contributed by atoms with Crippen LogP contribution in [0.5, 0.6) is 0 Å². The molecule has 1 aliphatic carbocycles. The third kappa shape index (κ3) is 4.18. The molecule has 0 saturated heterocycles. The van der Waals surface area contributed by atoms with Gasteiger partial charge >= 0.3 is 0 Å². The highest BCUT2D eigenvalue weighted by Gasteiger charge is 2.22. The second-order valence-electron chi connectivity index (χ2n) is 4.70. The minimum absolute atomic E-state index is 0.000675. The van der Waals surface area contributed by atoms with Gasteiger partial charge in [0.15, 0.2) is 0 Å². The van der Waals surface area contributed by atoms with E-state index in [0.717, 1.165) is 25.7 Å². The summed E-state index contributed by atoms with van der Waals surface area (Å²) in [5, 5.41) is 0. The van der Waals surface area contributed by atoms with E-state index in [9.17, 15) is 9.59 Å². The van der Waals surface area contributed by atoms with Crippen LogP contribution in [0.25, 0.3) is 0 Å². The zero-order valence-corrected chi connectivity index (χ0v) is 9.82. The molecular weight excluding hydrogens is 206 g/mol. The zero-order valence-electron chi connectivity index (χ0n) is 9.82. The van der Waals surface area contributed by atoms with Gasteiger partial charge in [-0.15, -0.1) is 0 Å². The molecular formula is C11H21N3O2. The zero-order chi connectivity index (χ0) is 12.1. The number of primary amides is 1. The minimum Gasteiger partial charge on any atom is -0.368 e.